The monoisotopic (exact) mass is 341 g/mol. The van der Waals surface area contributed by atoms with Crippen LogP contribution in [0, 0.1) is 20.8 Å². The smallest absolute Gasteiger partial charge is 0.151 e. The van der Waals surface area contributed by atoms with Crippen molar-refractivity contribution >= 4 is 16.9 Å². The summed E-state index contributed by atoms with van der Waals surface area (Å²) in [7, 11) is 0. The predicted molar refractivity (Wildman–Crippen MR) is 101 cm³/mol. The molecule has 2 aromatic rings. The molecule has 0 aromatic carbocycles. The van der Waals surface area contributed by atoms with E-state index in [-0.39, 0.29) is 0 Å². The van der Waals surface area contributed by atoms with E-state index in [0.29, 0.717) is 12.4 Å². The van der Waals surface area contributed by atoms with Gasteiger partial charge in [-0.05, 0) is 51.5 Å². The first-order chi connectivity index (χ1) is 12.1. The molecule has 25 heavy (non-hydrogen) atoms. The fourth-order valence-electron chi connectivity index (χ4n) is 3.22. The Balaban J connectivity index is 1.56. The SMILES string of the molecule is Cc1nc(N)c2nc(C)n(CCOCCCC3=CC=CNC3)c2c1C. The molecule has 0 bridgehead atoms. The Labute approximate surface area is 148 Å². The van der Waals surface area contributed by atoms with Crippen LogP contribution in [0.3, 0.4) is 0 Å². The molecule has 1 aliphatic rings. The molecule has 6 heteroatoms. The molecule has 0 saturated carbocycles. The molecule has 3 rings (SSSR count). The Morgan fingerprint density at radius 2 is 2.08 bits per heavy atom. The van der Waals surface area contributed by atoms with E-state index in [9.17, 15) is 0 Å². The van der Waals surface area contributed by atoms with E-state index in [1.807, 2.05) is 20.0 Å². The van der Waals surface area contributed by atoms with Crippen molar-refractivity contribution < 1.29 is 4.74 Å². The van der Waals surface area contributed by atoms with Gasteiger partial charge in [-0.15, -0.1) is 0 Å². The highest BCUT2D eigenvalue weighted by molar-refractivity contribution is 5.88. The number of anilines is 1. The third-order valence-electron chi connectivity index (χ3n) is 4.71. The van der Waals surface area contributed by atoms with Crippen molar-refractivity contribution in [3.05, 3.63) is 41.0 Å². The Hall–Kier alpha value is -2.34. The van der Waals surface area contributed by atoms with Crippen molar-refractivity contribution in [3.8, 4) is 0 Å². The molecule has 134 valence electrons. The molecule has 0 fully saturated rings. The summed E-state index contributed by atoms with van der Waals surface area (Å²) in [4.78, 5) is 8.97. The van der Waals surface area contributed by atoms with Gasteiger partial charge in [0, 0.05) is 25.4 Å². The Morgan fingerprint density at radius 1 is 1.24 bits per heavy atom. The lowest BCUT2D eigenvalue weighted by atomic mass is 10.1. The van der Waals surface area contributed by atoms with Crippen LogP contribution in [0.15, 0.2) is 23.9 Å². The summed E-state index contributed by atoms with van der Waals surface area (Å²) in [5, 5.41) is 3.23. The molecule has 0 saturated heterocycles. The third-order valence-corrected chi connectivity index (χ3v) is 4.71. The number of imidazole rings is 1. The number of allylic oxidation sites excluding steroid dienone is 2. The molecule has 3 N–H and O–H groups in total. The second-order valence-corrected chi connectivity index (χ2v) is 6.50. The van der Waals surface area contributed by atoms with Gasteiger partial charge in [-0.2, -0.15) is 0 Å². The number of hydrogen-bond acceptors (Lipinski definition) is 5. The van der Waals surface area contributed by atoms with Gasteiger partial charge in [0.1, 0.15) is 11.3 Å². The highest BCUT2D eigenvalue weighted by Crippen LogP contribution is 2.25. The number of hydrogen-bond donors (Lipinski definition) is 2. The fraction of sp³-hybridized carbons (Fsp3) is 0.474. The maximum atomic E-state index is 6.04. The zero-order chi connectivity index (χ0) is 17.8. The number of pyridine rings is 1. The first kappa shape index (κ1) is 17.5. The first-order valence-electron chi connectivity index (χ1n) is 8.83. The number of nitrogens with zero attached hydrogens (tertiary/aromatic N) is 3. The van der Waals surface area contributed by atoms with Gasteiger partial charge < -0.3 is 20.4 Å². The molecular weight excluding hydrogens is 314 g/mol. The molecule has 0 atom stereocenters. The highest BCUT2D eigenvalue weighted by atomic mass is 16.5. The molecule has 3 heterocycles. The average Bonchev–Trinajstić information content (AvgIpc) is 2.94. The van der Waals surface area contributed by atoms with Gasteiger partial charge in [-0.25, -0.2) is 9.97 Å². The van der Waals surface area contributed by atoms with Crippen LogP contribution >= 0.6 is 0 Å². The number of nitrogens with one attached hydrogen (secondary N) is 1. The maximum absolute atomic E-state index is 6.04. The summed E-state index contributed by atoms with van der Waals surface area (Å²) >= 11 is 0. The van der Waals surface area contributed by atoms with Crippen molar-refractivity contribution in [2.24, 2.45) is 0 Å². The molecule has 0 unspecified atom stereocenters. The minimum atomic E-state index is 0.504. The molecule has 0 amide bonds. The molecule has 0 spiro atoms. The van der Waals surface area contributed by atoms with Gasteiger partial charge in [0.2, 0.25) is 0 Å². The topological polar surface area (TPSA) is 78.0 Å². The highest BCUT2D eigenvalue weighted by Gasteiger charge is 2.15. The van der Waals surface area contributed by atoms with E-state index in [1.54, 1.807) is 0 Å². The van der Waals surface area contributed by atoms with Gasteiger partial charge in [0.05, 0.1) is 12.1 Å². The minimum Gasteiger partial charge on any atom is -0.387 e. The summed E-state index contributed by atoms with van der Waals surface area (Å²) < 4.78 is 8.03. The summed E-state index contributed by atoms with van der Waals surface area (Å²) in [6.07, 6.45) is 8.33. The Morgan fingerprint density at radius 3 is 2.84 bits per heavy atom. The molecule has 0 radical (unpaired) electrons. The van der Waals surface area contributed by atoms with Gasteiger partial charge in [-0.1, -0.05) is 11.6 Å². The summed E-state index contributed by atoms with van der Waals surface area (Å²) in [6, 6.07) is 0. The summed E-state index contributed by atoms with van der Waals surface area (Å²) in [5.74, 6) is 1.45. The van der Waals surface area contributed by atoms with Crippen LogP contribution in [0.2, 0.25) is 0 Å². The number of dihydropyridines is 1. The number of ether oxygens (including phenoxy) is 1. The van der Waals surface area contributed by atoms with Crippen LogP contribution in [0.4, 0.5) is 5.82 Å². The summed E-state index contributed by atoms with van der Waals surface area (Å²) in [5.41, 5.74) is 11.4. The first-order valence-corrected chi connectivity index (χ1v) is 8.83. The average molecular weight is 341 g/mol. The summed E-state index contributed by atoms with van der Waals surface area (Å²) in [6.45, 7) is 9.23. The van der Waals surface area contributed by atoms with Crippen molar-refractivity contribution in [1.82, 2.24) is 19.9 Å². The van der Waals surface area contributed by atoms with Crippen LogP contribution < -0.4 is 11.1 Å². The standard InChI is InChI=1S/C19H27N5O/c1-13-14(2)22-19(20)17-18(13)24(15(3)23-17)9-11-25-10-5-7-16-6-4-8-21-12-16/h4,6,8,21H,5,7,9-12H2,1-3H3,(H2,20,22). The van der Waals surface area contributed by atoms with Crippen LogP contribution in [-0.2, 0) is 11.3 Å². The number of rotatable bonds is 7. The van der Waals surface area contributed by atoms with Crippen molar-refractivity contribution in [2.75, 3.05) is 25.5 Å². The number of nitrogen functional groups attached to an aromatic ring is 1. The zero-order valence-corrected chi connectivity index (χ0v) is 15.3. The van der Waals surface area contributed by atoms with Crippen LogP contribution in [0.25, 0.3) is 11.0 Å². The van der Waals surface area contributed by atoms with E-state index in [4.69, 9.17) is 10.5 Å². The molecule has 6 nitrogen and oxygen atoms in total. The fourth-order valence-corrected chi connectivity index (χ4v) is 3.22. The Bertz CT molecular complexity index is 819. The second kappa shape index (κ2) is 7.70. The molecule has 2 aromatic heterocycles. The van der Waals surface area contributed by atoms with Crippen molar-refractivity contribution in [2.45, 2.75) is 40.2 Å². The maximum Gasteiger partial charge on any atom is 0.151 e. The zero-order valence-electron chi connectivity index (χ0n) is 15.3. The third kappa shape index (κ3) is 3.85. The lowest BCUT2D eigenvalue weighted by Gasteiger charge is -2.12. The minimum absolute atomic E-state index is 0.504. The predicted octanol–water partition coefficient (Wildman–Crippen LogP) is 2.78. The quantitative estimate of drug-likeness (QED) is 0.757. The molecular formula is C19H27N5O. The lowest BCUT2D eigenvalue weighted by molar-refractivity contribution is 0.124. The van der Waals surface area contributed by atoms with E-state index < -0.39 is 0 Å². The second-order valence-electron chi connectivity index (χ2n) is 6.50. The van der Waals surface area contributed by atoms with Crippen molar-refractivity contribution in [1.29, 1.82) is 0 Å². The normalized spacial score (nSPS) is 14.0. The van der Waals surface area contributed by atoms with Crippen molar-refractivity contribution in [3.63, 3.8) is 0 Å². The number of nitrogens with two attached hydrogens (primary N) is 1. The number of aryl methyl sites for hydroxylation is 3. The number of fused-ring (bicyclic) bond motifs is 1. The Kier molecular flexibility index (Phi) is 5.38. The van der Waals surface area contributed by atoms with Crippen LogP contribution in [0.5, 0.6) is 0 Å². The van der Waals surface area contributed by atoms with E-state index >= 15 is 0 Å². The van der Waals surface area contributed by atoms with Crippen LogP contribution in [0.1, 0.15) is 29.9 Å². The largest absolute Gasteiger partial charge is 0.387 e. The van der Waals surface area contributed by atoms with E-state index in [0.717, 1.165) is 60.7 Å². The van der Waals surface area contributed by atoms with Gasteiger partial charge in [-0.3, -0.25) is 0 Å². The van der Waals surface area contributed by atoms with Crippen LogP contribution in [-0.4, -0.2) is 34.3 Å². The lowest BCUT2D eigenvalue weighted by Crippen LogP contribution is -2.13. The van der Waals surface area contributed by atoms with E-state index in [2.05, 4.69) is 38.9 Å². The van der Waals surface area contributed by atoms with E-state index in [1.165, 1.54) is 5.57 Å². The van der Waals surface area contributed by atoms with Gasteiger partial charge in [0.25, 0.3) is 0 Å². The molecule has 0 aliphatic carbocycles. The van der Waals surface area contributed by atoms with Gasteiger partial charge in [0.15, 0.2) is 5.82 Å². The molecule has 1 aliphatic heterocycles. The van der Waals surface area contributed by atoms with Gasteiger partial charge >= 0.3 is 0 Å². The number of aromatic nitrogens is 3.